The maximum atomic E-state index is 11.2. The van der Waals surface area contributed by atoms with Gasteiger partial charge < -0.3 is 5.32 Å². The number of aromatic nitrogens is 1. The molecule has 1 N–H and O–H groups in total. The molecule has 17 heavy (non-hydrogen) atoms. The number of carbonyl (C=O) groups excluding carboxylic acids is 1. The number of halogens is 1. The number of carbonyl (C=O) groups is 1. The summed E-state index contributed by atoms with van der Waals surface area (Å²) >= 11 is 6.00. The molecular formula is C13H14ClN2O+. The van der Waals surface area contributed by atoms with Gasteiger partial charge in [0.25, 0.3) is 0 Å². The third-order valence-corrected chi connectivity index (χ3v) is 3.04. The lowest BCUT2D eigenvalue weighted by Crippen LogP contribution is -2.33. The topological polar surface area (TPSA) is 33.0 Å². The van der Waals surface area contributed by atoms with Crippen LogP contribution in [0.5, 0.6) is 0 Å². The first-order chi connectivity index (χ1) is 7.99. The van der Waals surface area contributed by atoms with Crippen LogP contribution in [0.25, 0.3) is 10.9 Å². The molecule has 2 rings (SSSR count). The van der Waals surface area contributed by atoms with Crippen molar-refractivity contribution >= 4 is 34.1 Å². The van der Waals surface area contributed by atoms with Gasteiger partial charge in [-0.3, -0.25) is 4.79 Å². The van der Waals surface area contributed by atoms with Crippen molar-refractivity contribution in [1.29, 1.82) is 0 Å². The van der Waals surface area contributed by atoms with E-state index in [0.717, 1.165) is 22.3 Å². The monoisotopic (exact) mass is 249 g/mol. The van der Waals surface area contributed by atoms with Crippen molar-refractivity contribution in [3.8, 4) is 0 Å². The fourth-order valence-electron chi connectivity index (χ4n) is 1.88. The molecule has 0 aliphatic heterocycles. The van der Waals surface area contributed by atoms with E-state index in [9.17, 15) is 4.79 Å². The maximum absolute atomic E-state index is 11.2. The van der Waals surface area contributed by atoms with Crippen LogP contribution in [-0.2, 0) is 11.8 Å². The van der Waals surface area contributed by atoms with Gasteiger partial charge in [0.1, 0.15) is 7.05 Å². The second-order valence-electron chi connectivity index (χ2n) is 4.10. The molecule has 0 atom stereocenters. The molecule has 0 radical (unpaired) electrons. The Morgan fingerprint density at radius 3 is 2.71 bits per heavy atom. The zero-order valence-corrected chi connectivity index (χ0v) is 10.8. The van der Waals surface area contributed by atoms with Gasteiger partial charge >= 0.3 is 0 Å². The Morgan fingerprint density at radius 1 is 1.35 bits per heavy atom. The number of rotatable bonds is 1. The van der Waals surface area contributed by atoms with E-state index in [-0.39, 0.29) is 5.91 Å². The molecule has 4 heteroatoms. The number of pyridine rings is 1. The lowest BCUT2D eigenvalue weighted by molar-refractivity contribution is -0.651. The van der Waals surface area contributed by atoms with Crippen LogP contribution >= 0.6 is 11.6 Å². The summed E-state index contributed by atoms with van der Waals surface area (Å²) in [4.78, 5) is 11.2. The van der Waals surface area contributed by atoms with Crippen molar-refractivity contribution in [3.63, 3.8) is 0 Å². The zero-order chi connectivity index (χ0) is 12.6. The van der Waals surface area contributed by atoms with Crippen molar-refractivity contribution in [3.05, 3.63) is 35.0 Å². The highest BCUT2D eigenvalue weighted by Crippen LogP contribution is 2.24. The second kappa shape index (κ2) is 4.34. The number of hydrogen-bond donors (Lipinski definition) is 1. The lowest BCUT2D eigenvalue weighted by Gasteiger charge is -2.07. The van der Waals surface area contributed by atoms with Crippen molar-refractivity contribution in [2.75, 3.05) is 5.32 Å². The SMILES string of the molecule is CC(=O)Nc1cc(C)[n+](C)c2cc(Cl)ccc12. The summed E-state index contributed by atoms with van der Waals surface area (Å²) in [6, 6.07) is 7.60. The molecule has 0 aliphatic rings. The average molecular weight is 250 g/mol. The molecule has 0 spiro atoms. The molecule has 1 heterocycles. The first kappa shape index (κ1) is 11.9. The lowest BCUT2D eigenvalue weighted by atomic mass is 10.1. The molecule has 1 amide bonds. The highest BCUT2D eigenvalue weighted by Gasteiger charge is 2.14. The number of amides is 1. The van der Waals surface area contributed by atoms with Crippen LogP contribution in [0.3, 0.4) is 0 Å². The Balaban J connectivity index is 2.77. The van der Waals surface area contributed by atoms with Gasteiger partial charge in [0.15, 0.2) is 5.69 Å². The number of benzene rings is 1. The van der Waals surface area contributed by atoms with Crippen molar-refractivity contribution in [2.45, 2.75) is 13.8 Å². The molecule has 88 valence electrons. The standard InChI is InChI=1S/C13H13ClN2O/c1-8-6-12(15-9(2)17)11-5-4-10(14)7-13(11)16(8)3/h4-7H,1-3H3/p+1. The predicted molar refractivity (Wildman–Crippen MR) is 69.2 cm³/mol. The van der Waals surface area contributed by atoms with Crippen LogP contribution in [0.2, 0.25) is 5.02 Å². The first-order valence-corrected chi connectivity index (χ1v) is 5.73. The molecule has 0 fully saturated rings. The minimum atomic E-state index is -0.0745. The summed E-state index contributed by atoms with van der Waals surface area (Å²) in [5.74, 6) is -0.0745. The normalized spacial score (nSPS) is 10.6. The van der Waals surface area contributed by atoms with Crippen LogP contribution in [0.4, 0.5) is 5.69 Å². The van der Waals surface area contributed by atoms with Crippen LogP contribution in [0.1, 0.15) is 12.6 Å². The summed E-state index contributed by atoms with van der Waals surface area (Å²) in [6.45, 7) is 3.50. The largest absolute Gasteiger partial charge is 0.325 e. The van der Waals surface area contributed by atoms with E-state index in [2.05, 4.69) is 5.32 Å². The summed E-state index contributed by atoms with van der Waals surface area (Å²) in [7, 11) is 1.98. The van der Waals surface area contributed by atoms with E-state index < -0.39 is 0 Å². The molecule has 2 aromatic rings. The van der Waals surface area contributed by atoms with Gasteiger partial charge in [-0.2, -0.15) is 4.57 Å². The Hall–Kier alpha value is -1.61. The third kappa shape index (κ3) is 2.24. The molecular weight excluding hydrogens is 236 g/mol. The highest BCUT2D eigenvalue weighted by atomic mass is 35.5. The van der Waals surface area contributed by atoms with Crippen LogP contribution < -0.4 is 9.88 Å². The van der Waals surface area contributed by atoms with Gasteiger partial charge in [0, 0.05) is 31.0 Å². The molecule has 0 saturated carbocycles. The Morgan fingerprint density at radius 2 is 2.06 bits per heavy atom. The number of nitrogens with one attached hydrogen (secondary N) is 1. The fourth-order valence-corrected chi connectivity index (χ4v) is 2.04. The predicted octanol–water partition coefficient (Wildman–Crippen LogP) is 2.58. The van der Waals surface area contributed by atoms with Crippen LogP contribution in [0.15, 0.2) is 24.3 Å². The van der Waals surface area contributed by atoms with E-state index >= 15 is 0 Å². The van der Waals surface area contributed by atoms with Crippen LogP contribution in [-0.4, -0.2) is 5.91 Å². The van der Waals surface area contributed by atoms with Gasteiger partial charge in [-0.15, -0.1) is 0 Å². The summed E-state index contributed by atoms with van der Waals surface area (Å²) < 4.78 is 2.05. The Labute approximate surface area is 105 Å². The number of nitrogens with zero attached hydrogens (tertiary/aromatic N) is 1. The van der Waals surface area contributed by atoms with Crippen molar-refractivity contribution < 1.29 is 9.36 Å². The minimum Gasteiger partial charge on any atom is -0.325 e. The zero-order valence-electron chi connectivity index (χ0n) is 10.0. The van der Waals surface area contributed by atoms with Gasteiger partial charge in [-0.25, -0.2) is 0 Å². The summed E-state index contributed by atoms with van der Waals surface area (Å²) in [5, 5.41) is 4.51. The highest BCUT2D eigenvalue weighted by molar-refractivity contribution is 6.31. The van der Waals surface area contributed by atoms with Crippen molar-refractivity contribution in [2.24, 2.45) is 7.05 Å². The van der Waals surface area contributed by atoms with E-state index in [1.807, 2.05) is 42.8 Å². The van der Waals surface area contributed by atoms with E-state index in [0.29, 0.717) is 5.02 Å². The van der Waals surface area contributed by atoms with Gasteiger partial charge in [-0.05, 0) is 12.1 Å². The van der Waals surface area contributed by atoms with Crippen LogP contribution in [0, 0.1) is 6.92 Å². The fraction of sp³-hybridized carbons (Fsp3) is 0.231. The molecule has 1 aromatic carbocycles. The molecule has 1 aromatic heterocycles. The van der Waals surface area contributed by atoms with Gasteiger partial charge in [0.05, 0.1) is 11.1 Å². The number of anilines is 1. The van der Waals surface area contributed by atoms with E-state index in [1.54, 1.807) is 0 Å². The number of hydrogen-bond acceptors (Lipinski definition) is 1. The molecule has 0 unspecified atom stereocenters. The van der Waals surface area contributed by atoms with E-state index in [1.165, 1.54) is 6.92 Å². The summed E-state index contributed by atoms with van der Waals surface area (Å²) in [6.07, 6.45) is 0. The molecule has 3 nitrogen and oxygen atoms in total. The van der Waals surface area contributed by atoms with Crippen molar-refractivity contribution in [1.82, 2.24) is 0 Å². The molecule has 0 saturated heterocycles. The van der Waals surface area contributed by atoms with E-state index in [4.69, 9.17) is 11.6 Å². The average Bonchev–Trinajstić information content (AvgIpc) is 2.24. The molecule has 0 aliphatic carbocycles. The maximum Gasteiger partial charge on any atom is 0.221 e. The number of fused-ring (bicyclic) bond motifs is 1. The summed E-state index contributed by atoms with van der Waals surface area (Å²) in [5.41, 5.74) is 2.88. The van der Waals surface area contributed by atoms with Gasteiger partial charge in [-0.1, -0.05) is 11.6 Å². The smallest absolute Gasteiger partial charge is 0.221 e. The first-order valence-electron chi connectivity index (χ1n) is 5.35. The quantitative estimate of drug-likeness (QED) is 0.775. The third-order valence-electron chi connectivity index (χ3n) is 2.80. The van der Waals surface area contributed by atoms with Gasteiger partial charge in [0.2, 0.25) is 11.4 Å². The minimum absolute atomic E-state index is 0.0745. The molecule has 0 bridgehead atoms. The number of aryl methyl sites for hydroxylation is 2. The Bertz CT molecular complexity index is 608. The second-order valence-corrected chi connectivity index (χ2v) is 4.54. The Kier molecular flexibility index (Phi) is 3.03.